The maximum Gasteiger partial charge on any atom is 0.264 e. The maximum atomic E-state index is 13.1. The molecule has 0 aliphatic rings. The molecule has 6 nitrogen and oxygen atoms in total. The molecule has 1 N–H and O–H groups in total. The molecular weight excluding hydrogens is 422 g/mol. The lowest BCUT2D eigenvalue weighted by Crippen LogP contribution is -2.41. The number of sulfonamides is 1. The van der Waals surface area contributed by atoms with Gasteiger partial charge in [0, 0.05) is 25.2 Å². The van der Waals surface area contributed by atoms with Crippen LogP contribution in [0, 0.1) is 0 Å². The molecule has 3 rings (SSSR count). The van der Waals surface area contributed by atoms with Gasteiger partial charge >= 0.3 is 0 Å². The summed E-state index contributed by atoms with van der Waals surface area (Å²) in [7, 11) is 1.67. The number of rotatable bonds is 9. The number of nitrogens with zero attached hydrogens (tertiary/aromatic N) is 2. The van der Waals surface area contributed by atoms with E-state index in [1.165, 1.54) is 29.0 Å². The fraction of sp³-hybridized carbons (Fsp3) is 0.240. The lowest BCUT2D eigenvalue weighted by Gasteiger charge is -2.25. The smallest absolute Gasteiger partial charge is 0.264 e. The molecule has 0 radical (unpaired) electrons. The van der Waals surface area contributed by atoms with Crippen LogP contribution in [0.4, 0.5) is 5.69 Å². The monoisotopic (exact) mass is 451 g/mol. The number of likely N-dealkylation sites (N-methyl/N-ethyl adjacent to an activating group) is 1. The van der Waals surface area contributed by atoms with Crippen LogP contribution in [0.3, 0.4) is 0 Å². The minimum Gasteiger partial charge on any atom is -0.350 e. The first-order valence-electron chi connectivity index (χ1n) is 10.4. The predicted octanol–water partition coefficient (Wildman–Crippen LogP) is 3.41. The first-order valence-corrected chi connectivity index (χ1v) is 11.9. The molecule has 0 aliphatic carbocycles. The van der Waals surface area contributed by atoms with Gasteiger partial charge in [-0.25, -0.2) is 8.42 Å². The zero-order chi connectivity index (χ0) is 23.1. The summed E-state index contributed by atoms with van der Waals surface area (Å²) >= 11 is 0. The predicted molar refractivity (Wildman–Crippen MR) is 128 cm³/mol. The Morgan fingerprint density at radius 2 is 1.50 bits per heavy atom. The van der Waals surface area contributed by atoms with E-state index in [9.17, 15) is 13.2 Å². The number of carbonyl (C=O) groups excluding carboxylic acids is 1. The Hall–Kier alpha value is -3.16. The third-order valence-corrected chi connectivity index (χ3v) is 7.20. The second-order valence-electron chi connectivity index (χ2n) is 7.85. The highest BCUT2D eigenvalue weighted by Gasteiger charge is 2.22. The number of amides is 1. The lowest BCUT2D eigenvalue weighted by molar-refractivity contribution is 0.0941. The van der Waals surface area contributed by atoms with Gasteiger partial charge in [-0.3, -0.25) is 9.10 Å². The van der Waals surface area contributed by atoms with Crippen LogP contribution in [0.5, 0.6) is 0 Å². The summed E-state index contributed by atoms with van der Waals surface area (Å²) < 4.78 is 27.3. The minimum absolute atomic E-state index is 0.0740. The van der Waals surface area contributed by atoms with Crippen molar-refractivity contribution in [3.8, 4) is 0 Å². The summed E-state index contributed by atoms with van der Waals surface area (Å²) in [6.07, 6.45) is 0.796. The standard InChI is InChI=1S/C25H29N3O3S/c1-27(2)23(17-20-11-6-4-7-12-20)19-26-25(29)21-13-10-16-24(18-21)32(30,31)28(3)22-14-8-5-9-15-22/h4-16,18,23H,17,19H2,1-3H3,(H,26,29)/t23-/m0/s1. The summed E-state index contributed by atoms with van der Waals surface area (Å²) in [5.41, 5.74) is 2.05. The first kappa shape index (κ1) is 23.5. The van der Waals surface area contributed by atoms with Crippen molar-refractivity contribution in [1.29, 1.82) is 0 Å². The van der Waals surface area contributed by atoms with E-state index in [-0.39, 0.29) is 16.8 Å². The molecule has 1 amide bonds. The third-order valence-electron chi connectivity index (χ3n) is 5.42. The summed E-state index contributed by atoms with van der Waals surface area (Å²) in [6.45, 7) is 0.446. The molecule has 168 valence electrons. The van der Waals surface area contributed by atoms with Crippen molar-refractivity contribution in [1.82, 2.24) is 10.2 Å². The van der Waals surface area contributed by atoms with Crippen LogP contribution in [-0.4, -0.2) is 53.0 Å². The molecular formula is C25H29N3O3S. The zero-order valence-corrected chi connectivity index (χ0v) is 19.4. The lowest BCUT2D eigenvalue weighted by atomic mass is 10.1. The molecule has 0 unspecified atom stereocenters. The first-order chi connectivity index (χ1) is 15.3. The van der Waals surface area contributed by atoms with E-state index >= 15 is 0 Å². The normalized spacial score (nSPS) is 12.4. The van der Waals surface area contributed by atoms with Crippen LogP contribution in [-0.2, 0) is 16.4 Å². The quantitative estimate of drug-likeness (QED) is 0.541. The Kier molecular flexibility index (Phi) is 7.66. The van der Waals surface area contributed by atoms with Gasteiger partial charge in [-0.15, -0.1) is 0 Å². The molecule has 3 aromatic rings. The Morgan fingerprint density at radius 1 is 0.875 bits per heavy atom. The number of para-hydroxylation sites is 1. The van der Waals surface area contributed by atoms with Crippen molar-refractivity contribution in [3.05, 3.63) is 96.1 Å². The fourth-order valence-corrected chi connectivity index (χ4v) is 4.61. The van der Waals surface area contributed by atoms with Gasteiger partial charge in [0.2, 0.25) is 0 Å². The number of hydrogen-bond donors (Lipinski definition) is 1. The van der Waals surface area contributed by atoms with E-state index in [0.717, 1.165) is 6.42 Å². The Bertz CT molecular complexity index is 1130. The molecule has 7 heteroatoms. The largest absolute Gasteiger partial charge is 0.350 e. The average molecular weight is 452 g/mol. The van der Waals surface area contributed by atoms with Crippen LogP contribution < -0.4 is 9.62 Å². The highest BCUT2D eigenvalue weighted by atomic mass is 32.2. The van der Waals surface area contributed by atoms with Crippen molar-refractivity contribution in [2.75, 3.05) is 32.0 Å². The molecule has 0 heterocycles. The highest BCUT2D eigenvalue weighted by Crippen LogP contribution is 2.22. The molecule has 0 aromatic heterocycles. The van der Waals surface area contributed by atoms with Crippen LogP contribution in [0.2, 0.25) is 0 Å². The van der Waals surface area contributed by atoms with E-state index in [2.05, 4.69) is 22.3 Å². The Morgan fingerprint density at radius 3 is 2.12 bits per heavy atom. The van der Waals surface area contributed by atoms with Crippen LogP contribution in [0.15, 0.2) is 89.8 Å². The molecule has 0 bridgehead atoms. The van der Waals surface area contributed by atoms with E-state index in [4.69, 9.17) is 0 Å². The van der Waals surface area contributed by atoms with Gasteiger partial charge in [0.05, 0.1) is 10.6 Å². The van der Waals surface area contributed by atoms with Gasteiger partial charge in [0.1, 0.15) is 0 Å². The van der Waals surface area contributed by atoms with Gasteiger partial charge in [0.15, 0.2) is 0 Å². The van der Waals surface area contributed by atoms with Crippen LogP contribution in [0.1, 0.15) is 15.9 Å². The van der Waals surface area contributed by atoms with Gasteiger partial charge in [0.25, 0.3) is 15.9 Å². The number of nitrogens with one attached hydrogen (secondary N) is 1. The second kappa shape index (κ2) is 10.4. The van der Waals surface area contributed by atoms with E-state index in [1.54, 1.807) is 36.4 Å². The summed E-state index contributed by atoms with van der Waals surface area (Å²) in [4.78, 5) is 15.0. The highest BCUT2D eigenvalue weighted by molar-refractivity contribution is 7.92. The van der Waals surface area contributed by atoms with Crippen molar-refractivity contribution >= 4 is 21.6 Å². The molecule has 32 heavy (non-hydrogen) atoms. The van der Waals surface area contributed by atoms with Crippen LogP contribution >= 0.6 is 0 Å². The third kappa shape index (κ3) is 5.75. The van der Waals surface area contributed by atoms with Crippen molar-refractivity contribution in [2.45, 2.75) is 17.4 Å². The van der Waals surface area contributed by atoms with E-state index in [1.807, 2.05) is 38.4 Å². The van der Waals surface area contributed by atoms with Gasteiger partial charge in [-0.2, -0.15) is 0 Å². The van der Waals surface area contributed by atoms with Crippen molar-refractivity contribution < 1.29 is 13.2 Å². The molecule has 0 spiro atoms. The number of hydrogen-bond acceptors (Lipinski definition) is 4. The number of benzene rings is 3. The minimum atomic E-state index is -3.79. The van der Waals surface area contributed by atoms with Crippen molar-refractivity contribution in [2.24, 2.45) is 0 Å². The van der Waals surface area contributed by atoms with Gasteiger partial charge in [-0.05, 0) is 56.4 Å². The van der Waals surface area contributed by atoms with Gasteiger partial charge < -0.3 is 10.2 Å². The number of carbonyl (C=O) groups is 1. The fourth-order valence-electron chi connectivity index (χ4n) is 3.37. The van der Waals surface area contributed by atoms with Crippen molar-refractivity contribution in [3.63, 3.8) is 0 Å². The second-order valence-corrected chi connectivity index (χ2v) is 9.82. The average Bonchev–Trinajstić information content (AvgIpc) is 2.82. The van der Waals surface area contributed by atoms with Crippen LogP contribution in [0.25, 0.3) is 0 Å². The Labute approximate surface area is 190 Å². The summed E-state index contributed by atoms with van der Waals surface area (Å²) in [5.74, 6) is -0.302. The molecule has 0 aliphatic heterocycles. The summed E-state index contributed by atoms with van der Waals surface area (Å²) in [6, 6.07) is 25.2. The Balaban J connectivity index is 1.72. The SMILES string of the molecule is CN(C)[C@H](CNC(=O)c1cccc(S(=O)(=O)N(C)c2ccccc2)c1)Cc1ccccc1. The van der Waals surface area contributed by atoms with E-state index < -0.39 is 10.0 Å². The zero-order valence-electron chi connectivity index (χ0n) is 18.6. The summed E-state index contributed by atoms with van der Waals surface area (Å²) in [5, 5.41) is 2.95. The maximum absolute atomic E-state index is 13.1. The molecule has 3 aromatic carbocycles. The number of anilines is 1. The van der Waals surface area contributed by atoms with Gasteiger partial charge in [-0.1, -0.05) is 54.6 Å². The molecule has 0 fully saturated rings. The molecule has 0 saturated carbocycles. The van der Waals surface area contributed by atoms with E-state index in [0.29, 0.717) is 17.8 Å². The molecule has 1 atom stereocenters. The molecule has 0 saturated heterocycles. The topological polar surface area (TPSA) is 69.7 Å².